The maximum atomic E-state index is 13.8. The minimum Gasteiger partial charge on any atom is -0.465 e. The summed E-state index contributed by atoms with van der Waals surface area (Å²) in [7, 11) is 0. The highest BCUT2D eigenvalue weighted by Gasteiger charge is 2.49. The number of ether oxygens (including phenoxy) is 1. The molecule has 1 aliphatic heterocycles. The van der Waals surface area contributed by atoms with Crippen LogP contribution in [0.4, 0.5) is 19.3 Å². The van der Waals surface area contributed by atoms with Gasteiger partial charge < -0.3 is 30.5 Å². The predicted octanol–water partition coefficient (Wildman–Crippen LogP) is 4.03. The van der Waals surface area contributed by atoms with E-state index >= 15 is 0 Å². The molecule has 0 spiro atoms. The van der Waals surface area contributed by atoms with E-state index in [4.69, 9.17) is 4.74 Å². The molecule has 1 heterocycles. The molecule has 2 aromatic rings. The van der Waals surface area contributed by atoms with Crippen LogP contribution in [0, 0.1) is 17.0 Å². The number of anilines is 1. The molecule has 7 nitrogen and oxygen atoms in total. The standard InChI is InChI=1S/C28H37F2N3O4/c1-27(2,3)25(24(34)23(31-26(35)36)15-18-13-20(29)17-21(30)14-18)32-28(7-8-28)19-5-4-6-22(16-19)33-9-11-37-12-10-33/h4-6,13-14,16-17,23-25,31-32,34H,7-12,15H2,1-3H3,(H,35,36). The van der Waals surface area contributed by atoms with Crippen LogP contribution in [-0.2, 0) is 16.7 Å². The van der Waals surface area contributed by atoms with Crippen LogP contribution in [0.3, 0.4) is 0 Å². The number of nitrogens with zero attached hydrogens (tertiary/aromatic N) is 1. The molecule has 202 valence electrons. The summed E-state index contributed by atoms with van der Waals surface area (Å²) in [6.45, 7) is 8.99. The Kier molecular flexibility index (Phi) is 8.06. The van der Waals surface area contributed by atoms with Crippen molar-refractivity contribution in [3.8, 4) is 0 Å². The third-order valence-corrected chi connectivity index (χ3v) is 7.33. The second-order valence-electron chi connectivity index (χ2n) is 11.2. The number of amides is 1. The van der Waals surface area contributed by atoms with Crippen LogP contribution in [-0.4, -0.2) is 60.8 Å². The topological polar surface area (TPSA) is 94.1 Å². The molecule has 0 bridgehead atoms. The first-order valence-corrected chi connectivity index (χ1v) is 12.8. The molecular weight excluding hydrogens is 480 g/mol. The van der Waals surface area contributed by atoms with Crippen molar-refractivity contribution < 1.29 is 28.5 Å². The van der Waals surface area contributed by atoms with E-state index in [1.807, 2.05) is 26.8 Å². The van der Waals surface area contributed by atoms with Crippen LogP contribution < -0.4 is 15.5 Å². The van der Waals surface area contributed by atoms with E-state index in [2.05, 4.69) is 33.7 Å². The number of carboxylic acid groups (broad SMARTS) is 1. The summed E-state index contributed by atoms with van der Waals surface area (Å²) < 4.78 is 33.1. The largest absolute Gasteiger partial charge is 0.465 e. The van der Waals surface area contributed by atoms with Gasteiger partial charge in [-0.15, -0.1) is 0 Å². The summed E-state index contributed by atoms with van der Waals surface area (Å²) in [5.41, 5.74) is 1.71. The molecule has 1 saturated heterocycles. The van der Waals surface area contributed by atoms with Crippen molar-refractivity contribution in [3.05, 3.63) is 65.2 Å². The normalized spacial score (nSPS) is 19.7. The van der Waals surface area contributed by atoms with E-state index in [0.29, 0.717) is 13.2 Å². The zero-order valence-corrected chi connectivity index (χ0v) is 21.6. The highest BCUT2D eigenvalue weighted by Crippen LogP contribution is 2.48. The Morgan fingerprint density at radius 2 is 1.76 bits per heavy atom. The maximum Gasteiger partial charge on any atom is 0.404 e. The minimum atomic E-state index is -1.31. The maximum absolute atomic E-state index is 13.8. The summed E-state index contributed by atoms with van der Waals surface area (Å²) >= 11 is 0. The number of benzene rings is 2. The lowest BCUT2D eigenvalue weighted by Gasteiger charge is -2.41. The average Bonchev–Trinajstić information content (AvgIpc) is 3.62. The number of hydrogen-bond acceptors (Lipinski definition) is 5. The van der Waals surface area contributed by atoms with Crippen LogP contribution in [0.5, 0.6) is 0 Å². The predicted molar refractivity (Wildman–Crippen MR) is 138 cm³/mol. The van der Waals surface area contributed by atoms with Crippen molar-refractivity contribution >= 4 is 11.8 Å². The highest BCUT2D eigenvalue weighted by atomic mass is 19.1. The van der Waals surface area contributed by atoms with Crippen molar-refractivity contribution in [2.24, 2.45) is 5.41 Å². The fourth-order valence-electron chi connectivity index (χ4n) is 5.21. The zero-order chi connectivity index (χ0) is 26.8. The van der Waals surface area contributed by atoms with E-state index in [1.165, 1.54) is 0 Å². The average molecular weight is 518 g/mol. The Bertz CT molecular complexity index is 1080. The van der Waals surface area contributed by atoms with Gasteiger partial charge in [0.1, 0.15) is 11.6 Å². The van der Waals surface area contributed by atoms with Gasteiger partial charge in [0, 0.05) is 36.4 Å². The van der Waals surface area contributed by atoms with Crippen molar-refractivity contribution in [1.82, 2.24) is 10.6 Å². The number of morpholine rings is 1. The van der Waals surface area contributed by atoms with Gasteiger partial charge in [0.15, 0.2) is 0 Å². The third-order valence-electron chi connectivity index (χ3n) is 7.33. The number of halogens is 2. The summed E-state index contributed by atoms with van der Waals surface area (Å²) in [6, 6.07) is 9.97. The molecule has 9 heteroatoms. The first-order chi connectivity index (χ1) is 17.5. The van der Waals surface area contributed by atoms with Gasteiger partial charge in [-0.2, -0.15) is 0 Å². The van der Waals surface area contributed by atoms with Gasteiger partial charge in [-0.05, 0) is 60.1 Å². The van der Waals surface area contributed by atoms with Crippen LogP contribution in [0.1, 0.15) is 44.7 Å². The quantitative estimate of drug-likeness (QED) is 0.401. The summed E-state index contributed by atoms with van der Waals surface area (Å²) in [5, 5.41) is 27.1. The molecule has 2 aliphatic rings. The molecule has 1 amide bonds. The monoisotopic (exact) mass is 517 g/mol. The lowest BCUT2D eigenvalue weighted by atomic mass is 9.79. The molecule has 1 aliphatic carbocycles. The molecule has 0 aromatic heterocycles. The number of hydrogen-bond donors (Lipinski definition) is 4. The Balaban J connectivity index is 1.58. The van der Waals surface area contributed by atoms with E-state index in [1.54, 1.807) is 0 Å². The zero-order valence-electron chi connectivity index (χ0n) is 21.6. The number of rotatable bonds is 9. The van der Waals surface area contributed by atoms with Crippen molar-refractivity contribution in [3.63, 3.8) is 0 Å². The summed E-state index contributed by atoms with van der Waals surface area (Å²) in [4.78, 5) is 13.9. The molecule has 4 N–H and O–H groups in total. The Hall–Kier alpha value is -2.75. The number of carbonyl (C=O) groups is 1. The Labute approximate surface area is 216 Å². The molecule has 3 atom stereocenters. The number of nitrogens with one attached hydrogen (secondary N) is 2. The SMILES string of the molecule is CC(C)(C)C(NC1(c2cccc(N3CCOCC3)c2)CC1)C(O)C(Cc1cc(F)cc(F)c1)NC(=O)O. The van der Waals surface area contributed by atoms with E-state index in [9.17, 15) is 23.8 Å². The van der Waals surface area contributed by atoms with Crippen LogP contribution in [0.15, 0.2) is 42.5 Å². The van der Waals surface area contributed by atoms with E-state index in [0.717, 1.165) is 55.4 Å². The van der Waals surface area contributed by atoms with E-state index in [-0.39, 0.29) is 17.5 Å². The van der Waals surface area contributed by atoms with Gasteiger partial charge in [0.25, 0.3) is 0 Å². The van der Waals surface area contributed by atoms with E-state index < -0.39 is 41.3 Å². The second-order valence-corrected chi connectivity index (χ2v) is 11.2. The molecule has 2 fully saturated rings. The van der Waals surface area contributed by atoms with Crippen LogP contribution >= 0.6 is 0 Å². The lowest BCUT2D eigenvalue weighted by molar-refractivity contribution is 0.0323. The first kappa shape index (κ1) is 27.3. The number of aliphatic hydroxyl groups is 1. The molecule has 1 saturated carbocycles. The van der Waals surface area contributed by atoms with Crippen molar-refractivity contribution in [2.75, 3.05) is 31.2 Å². The van der Waals surface area contributed by atoms with Gasteiger partial charge in [-0.1, -0.05) is 32.9 Å². The number of aliphatic hydroxyl groups excluding tert-OH is 1. The molecule has 0 radical (unpaired) electrons. The smallest absolute Gasteiger partial charge is 0.404 e. The van der Waals surface area contributed by atoms with Crippen molar-refractivity contribution in [1.29, 1.82) is 0 Å². The minimum absolute atomic E-state index is 0.0596. The van der Waals surface area contributed by atoms with Crippen molar-refractivity contribution in [2.45, 2.75) is 63.8 Å². The fourth-order valence-corrected chi connectivity index (χ4v) is 5.21. The molecule has 4 rings (SSSR count). The highest BCUT2D eigenvalue weighted by molar-refractivity contribution is 5.65. The fraction of sp³-hybridized carbons (Fsp3) is 0.536. The van der Waals surface area contributed by atoms with Gasteiger partial charge in [-0.25, -0.2) is 13.6 Å². The van der Waals surface area contributed by atoms with Crippen LogP contribution in [0.25, 0.3) is 0 Å². The first-order valence-electron chi connectivity index (χ1n) is 12.8. The second kappa shape index (κ2) is 10.9. The van der Waals surface area contributed by atoms with Gasteiger partial charge in [0.2, 0.25) is 0 Å². The molecule has 37 heavy (non-hydrogen) atoms. The molecule has 2 aromatic carbocycles. The third kappa shape index (κ3) is 6.77. The van der Waals surface area contributed by atoms with Gasteiger partial charge in [0.05, 0.1) is 25.4 Å². The van der Waals surface area contributed by atoms with Crippen LogP contribution in [0.2, 0.25) is 0 Å². The Morgan fingerprint density at radius 3 is 2.32 bits per heavy atom. The lowest BCUT2D eigenvalue weighted by Crippen LogP contribution is -2.60. The van der Waals surface area contributed by atoms with Gasteiger partial charge >= 0.3 is 6.09 Å². The molecule has 3 unspecified atom stereocenters. The summed E-state index contributed by atoms with van der Waals surface area (Å²) in [6.07, 6.45) is -0.776. The Morgan fingerprint density at radius 1 is 1.11 bits per heavy atom. The van der Waals surface area contributed by atoms with Gasteiger partial charge in [-0.3, -0.25) is 0 Å². The summed E-state index contributed by atoms with van der Waals surface area (Å²) in [5.74, 6) is -1.50. The molecular formula is C28H37F2N3O4.